The van der Waals surface area contributed by atoms with Gasteiger partial charge in [-0.2, -0.15) is 0 Å². The topological polar surface area (TPSA) is 69.6 Å². The zero-order valence-electron chi connectivity index (χ0n) is 8.89. The van der Waals surface area contributed by atoms with E-state index in [4.69, 9.17) is 5.73 Å². The summed E-state index contributed by atoms with van der Waals surface area (Å²) in [6.07, 6.45) is 7.02. The van der Waals surface area contributed by atoms with E-state index in [0.717, 1.165) is 24.5 Å². The molecule has 6 heteroatoms. The molecule has 0 aliphatic heterocycles. The second-order valence-electron chi connectivity index (χ2n) is 3.36. The van der Waals surface area contributed by atoms with E-state index in [9.17, 15) is 0 Å². The predicted octanol–water partition coefficient (Wildman–Crippen LogP) is 1.96. The van der Waals surface area contributed by atoms with Crippen molar-refractivity contribution in [1.29, 1.82) is 0 Å². The highest BCUT2D eigenvalue weighted by Gasteiger charge is 2.11. The molecule has 0 atom stereocenters. The van der Waals surface area contributed by atoms with Crippen LogP contribution in [-0.4, -0.2) is 19.5 Å². The van der Waals surface area contributed by atoms with Crippen molar-refractivity contribution in [2.75, 3.05) is 5.73 Å². The Balaban J connectivity index is 2.50. The molecule has 0 spiro atoms. The SMILES string of the molecule is CCCc1nccn1-c1ncnc(N)c1Br. The van der Waals surface area contributed by atoms with Gasteiger partial charge in [-0.3, -0.25) is 4.57 Å². The second kappa shape index (κ2) is 4.61. The Morgan fingerprint density at radius 1 is 1.38 bits per heavy atom. The number of hydrogen-bond acceptors (Lipinski definition) is 4. The second-order valence-corrected chi connectivity index (χ2v) is 4.15. The lowest BCUT2D eigenvalue weighted by molar-refractivity contribution is 0.794. The third kappa shape index (κ3) is 1.92. The van der Waals surface area contributed by atoms with Crippen LogP contribution in [0.15, 0.2) is 23.2 Å². The standard InChI is InChI=1S/C10H12BrN5/c1-2-3-7-13-4-5-16(7)10-8(11)9(12)14-6-15-10/h4-6H,2-3H2,1H3,(H2,12,14,15). The minimum Gasteiger partial charge on any atom is -0.383 e. The quantitative estimate of drug-likeness (QED) is 0.934. The van der Waals surface area contributed by atoms with Crippen LogP contribution in [0, 0.1) is 0 Å². The van der Waals surface area contributed by atoms with Gasteiger partial charge in [0.25, 0.3) is 0 Å². The van der Waals surface area contributed by atoms with Crippen molar-refractivity contribution in [2.24, 2.45) is 0 Å². The van der Waals surface area contributed by atoms with Crippen molar-refractivity contribution in [3.05, 3.63) is 29.0 Å². The minimum absolute atomic E-state index is 0.432. The molecule has 0 fully saturated rings. The van der Waals surface area contributed by atoms with E-state index >= 15 is 0 Å². The number of halogens is 1. The number of hydrogen-bond donors (Lipinski definition) is 1. The van der Waals surface area contributed by atoms with E-state index in [1.54, 1.807) is 6.20 Å². The molecule has 0 aliphatic rings. The average Bonchev–Trinajstić information content (AvgIpc) is 2.71. The highest BCUT2D eigenvalue weighted by Crippen LogP contribution is 2.24. The maximum absolute atomic E-state index is 5.72. The smallest absolute Gasteiger partial charge is 0.158 e. The fraction of sp³-hybridized carbons (Fsp3) is 0.300. The molecule has 5 nitrogen and oxygen atoms in total. The largest absolute Gasteiger partial charge is 0.383 e. The van der Waals surface area contributed by atoms with E-state index in [1.807, 2.05) is 10.8 Å². The van der Waals surface area contributed by atoms with Crippen molar-refractivity contribution in [1.82, 2.24) is 19.5 Å². The van der Waals surface area contributed by atoms with Gasteiger partial charge < -0.3 is 5.73 Å². The number of nitrogen functional groups attached to an aromatic ring is 1. The molecular weight excluding hydrogens is 270 g/mol. The van der Waals surface area contributed by atoms with Crippen LogP contribution in [0.3, 0.4) is 0 Å². The van der Waals surface area contributed by atoms with Gasteiger partial charge in [-0.15, -0.1) is 0 Å². The first-order chi connectivity index (χ1) is 7.74. The summed E-state index contributed by atoms with van der Waals surface area (Å²) in [5, 5.41) is 0. The highest BCUT2D eigenvalue weighted by atomic mass is 79.9. The third-order valence-electron chi connectivity index (χ3n) is 2.22. The molecule has 2 rings (SSSR count). The van der Waals surface area contributed by atoms with Gasteiger partial charge in [-0.25, -0.2) is 15.0 Å². The lowest BCUT2D eigenvalue weighted by Gasteiger charge is -2.08. The molecule has 0 aromatic carbocycles. The Morgan fingerprint density at radius 2 is 2.19 bits per heavy atom. The van der Waals surface area contributed by atoms with Gasteiger partial charge in [0.15, 0.2) is 5.82 Å². The molecule has 84 valence electrons. The number of imidazole rings is 1. The normalized spacial score (nSPS) is 10.6. The molecule has 2 N–H and O–H groups in total. The zero-order chi connectivity index (χ0) is 11.5. The van der Waals surface area contributed by atoms with Gasteiger partial charge in [-0.1, -0.05) is 6.92 Å². The van der Waals surface area contributed by atoms with Gasteiger partial charge in [0.1, 0.15) is 22.4 Å². The van der Waals surface area contributed by atoms with Crippen LogP contribution in [-0.2, 0) is 6.42 Å². The first-order valence-electron chi connectivity index (χ1n) is 5.02. The fourth-order valence-corrected chi connectivity index (χ4v) is 1.87. The highest BCUT2D eigenvalue weighted by molar-refractivity contribution is 9.10. The average molecular weight is 282 g/mol. The summed E-state index contributed by atoms with van der Waals surface area (Å²) < 4.78 is 2.62. The van der Waals surface area contributed by atoms with E-state index in [-0.39, 0.29) is 0 Å². The van der Waals surface area contributed by atoms with Crippen LogP contribution in [0.2, 0.25) is 0 Å². The third-order valence-corrected chi connectivity index (χ3v) is 2.98. The maximum atomic E-state index is 5.72. The van der Waals surface area contributed by atoms with Crippen molar-refractivity contribution >= 4 is 21.7 Å². The van der Waals surface area contributed by atoms with Crippen molar-refractivity contribution in [2.45, 2.75) is 19.8 Å². The molecule has 0 radical (unpaired) electrons. The van der Waals surface area contributed by atoms with Crippen LogP contribution >= 0.6 is 15.9 Å². The first-order valence-corrected chi connectivity index (χ1v) is 5.82. The Morgan fingerprint density at radius 3 is 2.94 bits per heavy atom. The van der Waals surface area contributed by atoms with E-state index in [2.05, 4.69) is 37.8 Å². The Hall–Kier alpha value is -1.43. The molecule has 0 saturated carbocycles. The van der Waals surface area contributed by atoms with Crippen LogP contribution in [0.4, 0.5) is 5.82 Å². The molecule has 16 heavy (non-hydrogen) atoms. The van der Waals surface area contributed by atoms with Crippen molar-refractivity contribution < 1.29 is 0 Å². The summed E-state index contributed by atoms with van der Waals surface area (Å²) in [6, 6.07) is 0. The zero-order valence-corrected chi connectivity index (χ0v) is 10.5. The summed E-state index contributed by atoms with van der Waals surface area (Å²) in [6.45, 7) is 2.11. The van der Waals surface area contributed by atoms with Crippen LogP contribution in [0.1, 0.15) is 19.2 Å². The number of aromatic nitrogens is 4. The first kappa shape index (κ1) is 11.1. The Kier molecular flexibility index (Phi) is 3.19. The molecule has 0 amide bonds. The van der Waals surface area contributed by atoms with E-state index in [1.165, 1.54) is 6.33 Å². The lowest BCUT2D eigenvalue weighted by atomic mass is 10.3. The van der Waals surface area contributed by atoms with E-state index < -0.39 is 0 Å². The summed E-state index contributed by atoms with van der Waals surface area (Å²) in [7, 11) is 0. The van der Waals surface area contributed by atoms with Crippen LogP contribution in [0.25, 0.3) is 5.82 Å². The number of aryl methyl sites for hydroxylation is 1. The van der Waals surface area contributed by atoms with Gasteiger partial charge in [0.2, 0.25) is 0 Å². The van der Waals surface area contributed by atoms with Crippen LogP contribution < -0.4 is 5.73 Å². The number of nitrogens with two attached hydrogens (primary N) is 1. The van der Waals surface area contributed by atoms with Crippen molar-refractivity contribution in [3.63, 3.8) is 0 Å². The lowest BCUT2D eigenvalue weighted by Crippen LogP contribution is -2.06. The fourth-order valence-electron chi connectivity index (χ4n) is 1.48. The van der Waals surface area contributed by atoms with Gasteiger partial charge in [-0.05, 0) is 22.4 Å². The summed E-state index contributed by atoms with van der Waals surface area (Å²) in [4.78, 5) is 12.4. The monoisotopic (exact) mass is 281 g/mol. The number of rotatable bonds is 3. The molecular formula is C10H12BrN5. The van der Waals surface area contributed by atoms with Gasteiger partial charge >= 0.3 is 0 Å². The minimum atomic E-state index is 0.432. The number of anilines is 1. The summed E-state index contributed by atoms with van der Waals surface area (Å²) in [5.74, 6) is 2.14. The Bertz CT molecular complexity index is 494. The summed E-state index contributed by atoms with van der Waals surface area (Å²) >= 11 is 3.39. The predicted molar refractivity (Wildman–Crippen MR) is 65.3 cm³/mol. The molecule has 0 unspecified atom stereocenters. The van der Waals surface area contributed by atoms with Gasteiger partial charge in [0.05, 0.1) is 0 Å². The van der Waals surface area contributed by atoms with Crippen molar-refractivity contribution in [3.8, 4) is 5.82 Å². The van der Waals surface area contributed by atoms with Crippen LogP contribution in [0.5, 0.6) is 0 Å². The summed E-state index contributed by atoms with van der Waals surface area (Å²) in [5.41, 5.74) is 5.72. The molecule has 2 aromatic heterocycles. The molecule has 0 bridgehead atoms. The maximum Gasteiger partial charge on any atom is 0.158 e. The van der Waals surface area contributed by atoms with Gasteiger partial charge in [0, 0.05) is 18.8 Å². The Labute approximate surface area is 102 Å². The molecule has 2 aromatic rings. The molecule has 2 heterocycles. The van der Waals surface area contributed by atoms with E-state index in [0.29, 0.717) is 10.3 Å². The number of nitrogens with zero attached hydrogens (tertiary/aromatic N) is 4. The molecule has 0 saturated heterocycles. The molecule has 0 aliphatic carbocycles.